The number of hydrogen-bond donors (Lipinski definition) is 1. The zero-order chi connectivity index (χ0) is 23.3. The van der Waals surface area contributed by atoms with Crippen molar-refractivity contribution in [2.75, 3.05) is 43.6 Å². The smallest absolute Gasteiger partial charge is 0.278 e. The Morgan fingerprint density at radius 3 is 2.16 bits per heavy atom. The van der Waals surface area contributed by atoms with Gasteiger partial charge in [0, 0.05) is 43.7 Å². The van der Waals surface area contributed by atoms with E-state index in [1.54, 1.807) is 0 Å². The van der Waals surface area contributed by atoms with Crippen LogP contribution >= 0.6 is 0 Å². The lowest BCUT2D eigenvalue weighted by Gasteiger charge is -2.21. The SMILES string of the molecule is CCN(CC)c1ccc(NC2=C(c3ccc([N+](=O)[O-])cc3)C(=O)N(CCOC)C2=O)cc1. The average Bonchev–Trinajstić information content (AvgIpc) is 3.03. The monoisotopic (exact) mass is 438 g/mol. The summed E-state index contributed by atoms with van der Waals surface area (Å²) in [4.78, 5) is 39.9. The van der Waals surface area contributed by atoms with Crippen LogP contribution in [-0.2, 0) is 14.3 Å². The minimum Gasteiger partial charge on any atom is -0.383 e. The van der Waals surface area contributed by atoms with E-state index in [1.807, 2.05) is 24.3 Å². The van der Waals surface area contributed by atoms with E-state index in [2.05, 4.69) is 24.1 Å². The van der Waals surface area contributed by atoms with Gasteiger partial charge in [0.15, 0.2) is 0 Å². The first-order valence-electron chi connectivity index (χ1n) is 10.4. The Morgan fingerprint density at radius 1 is 1.00 bits per heavy atom. The summed E-state index contributed by atoms with van der Waals surface area (Å²) in [5.74, 6) is -0.934. The molecule has 0 aromatic heterocycles. The maximum atomic E-state index is 13.1. The molecule has 0 saturated heterocycles. The molecule has 2 amide bonds. The number of nitrogens with zero attached hydrogens (tertiary/aromatic N) is 3. The number of nitro benzene ring substituents is 1. The number of nitrogens with one attached hydrogen (secondary N) is 1. The molecule has 0 saturated carbocycles. The van der Waals surface area contributed by atoms with Gasteiger partial charge in [-0.25, -0.2) is 0 Å². The molecule has 0 fully saturated rings. The number of methoxy groups -OCH3 is 1. The largest absolute Gasteiger partial charge is 0.383 e. The maximum absolute atomic E-state index is 13.1. The predicted molar refractivity (Wildman–Crippen MR) is 122 cm³/mol. The lowest BCUT2D eigenvalue weighted by atomic mass is 10.0. The summed E-state index contributed by atoms with van der Waals surface area (Å²) in [5.41, 5.74) is 2.36. The van der Waals surface area contributed by atoms with Gasteiger partial charge in [-0.2, -0.15) is 0 Å². The second-order valence-electron chi connectivity index (χ2n) is 7.15. The molecule has 0 radical (unpaired) electrons. The van der Waals surface area contributed by atoms with Crippen molar-refractivity contribution >= 4 is 34.4 Å². The molecule has 168 valence electrons. The number of amides is 2. The molecule has 2 aromatic carbocycles. The fourth-order valence-corrected chi connectivity index (χ4v) is 3.58. The molecular weight excluding hydrogens is 412 g/mol. The van der Waals surface area contributed by atoms with Crippen LogP contribution < -0.4 is 10.2 Å². The zero-order valence-electron chi connectivity index (χ0n) is 18.3. The molecule has 1 heterocycles. The summed E-state index contributed by atoms with van der Waals surface area (Å²) >= 11 is 0. The first-order chi connectivity index (χ1) is 15.4. The number of carbonyl (C=O) groups excluding carboxylic acids is 2. The Labute approximate surface area is 186 Å². The molecule has 0 aliphatic carbocycles. The number of imide groups is 1. The van der Waals surface area contributed by atoms with Gasteiger partial charge in [0.2, 0.25) is 0 Å². The molecule has 3 rings (SSSR count). The summed E-state index contributed by atoms with van der Waals surface area (Å²) in [6, 6.07) is 13.2. The van der Waals surface area contributed by atoms with Crippen molar-refractivity contribution < 1.29 is 19.2 Å². The van der Waals surface area contributed by atoms with Gasteiger partial charge in [0.1, 0.15) is 5.70 Å². The summed E-state index contributed by atoms with van der Waals surface area (Å²) < 4.78 is 5.03. The lowest BCUT2D eigenvalue weighted by molar-refractivity contribution is -0.384. The minimum atomic E-state index is -0.513. The number of anilines is 2. The highest BCUT2D eigenvalue weighted by Crippen LogP contribution is 2.31. The third-order valence-electron chi connectivity index (χ3n) is 5.32. The van der Waals surface area contributed by atoms with Crippen LogP contribution in [0.5, 0.6) is 0 Å². The number of nitro groups is 1. The van der Waals surface area contributed by atoms with Crippen LogP contribution in [0.15, 0.2) is 54.2 Å². The Bertz CT molecular complexity index is 1030. The van der Waals surface area contributed by atoms with Gasteiger partial charge in [-0.15, -0.1) is 0 Å². The van der Waals surface area contributed by atoms with E-state index in [1.165, 1.54) is 31.4 Å². The highest BCUT2D eigenvalue weighted by Gasteiger charge is 2.39. The van der Waals surface area contributed by atoms with Crippen molar-refractivity contribution in [2.45, 2.75) is 13.8 Å². The van der Waals surface area contributed by atoms with Gasteiger partial charge >= 0.3 is 0 Å². The minimum absolute atomic E-state index is 0.0936. The second kappa shape index (κ2) is 10.1. The number of benzene rings is 2. The molecule has 1 aliphatic rings. The molecule has 9 nitrogen and oxygen atoms in total. The number of ether oxygens (including phenoxy) is 1. The Kier molecular flexibility index (Phi) is 7.21. The van der Waals surface area contributed by atoms with E-state index in [0.29, 0.717) is 11.3 Å². The van der Waals surface area contributed by atoms with Crippen LogP contribution in [0, 0.1) is 10.1 Å². The first-order valence-corrected chi connectivity index (χ1v) is 10.4. The molecule has 1 N–H and O–H groups in total. The van der Waals surface area contributed by atoms with E-state index in [4.69, 9.17) is 4.74 Å². The second-order valence-corrected chi connectivity index (χ2v) is 7.15. The van der Waals surface area contributed by atoms with E-state index in [9.17, 15) is 19.7 Å². The summed E-state index contributed by atoms with van der Waals surface area (Å²) in [7, 11) is 1.49. The van der Waals surface area contributed by atoms with Crippen LogP contribution in [0.3, 0.4) is 0 Å². The maximum Gasteiger partial charge on any atom is 0.278 e. The lowest BCUT2D eigenvalue weighted by Crippen LogP contribution is -2.35. The average molecular weight is 438 g/mol. The quantitative estimate of drug-likeness (QED) is 0.345. The molecule has 9 heteroatoms. The third kappa shape index (κ3) is 4.62. The molecule has 2 aromatic rings. The number of non-ortho nitro benzene ring substituents is 1. The number of carbonyl (C=O) groups is 2. The summed E-state index contributed by atoms with van der Waals surface area (Å²) in [6.07, 6.45) is 0. The highest BCUT2D eigenvalue weighted by atomic mass is 16.6. The Hall–Kier alpha value is -3.72. The van der Waals surface area contributed by atoms with E-state index >= 15 is 0 Å². The normalized spacial score (nSPS) is 13.7. The molecule has 0 spiro atoms. The van der Waals surface area contributed by atoms with Crippen molar-refractivity contribution in [2.24, 2.45) is 0 Å². The predicted octanol–water partition coefficient (Wildman–Crippen LogP) is 3.28. The Balaban J connectivity index is 1.97. The molecule has 32 heavy (non-hydrogen) atoms. The number of rotatable bonds is 10. The molecule has 0 bridgehead atoms. The van der Waals surface area contributed by atoms with Gasteiger partial charge in [-0.05, 0) is 55.8 Å². The van der Waals surface area contributed by atoms with Crippen LogP contribution in [0.4, 0.5) is 17.1 Å². The van der Waals surface area contributed by atoms with E-state index in [-0.39, 0.29) is 30.1 Å². The molecular formula is C23H26N4O5. The van der Waals surface area contributed by atoms with Crippen LogP contribution in [-0.4, -0.2) is 55.0 Å². The van der Waals surface area contributed by atoms with Crippen molar-refractivity contribution in [1.29, 1.82) is 0 Å². The summed E-state index contributed by atoms with van der Waals surface area (Å²) in [6.45, 7) is 6.22. The van der Waals surface area contributed by atoms with E-state index in [0.717, 1.165) is 23.7 Å². The van der Waals surface area contributed by atoms with Gasteiger partial charge in [-0.3, -0.25) is 24.6 Å². The van der Waals surface area contributed by atoms with Gasteiger partial charge in [-0.1, -0.05) is 0 Å². The van der Waals surface area contributed by atoms with Crippen molar-refractivity contribution in [1.82, 2.24) is 4.90 Å². The summed E-state index contributed by atoms with van der Waals surface area (Å²) in [5, 5.41) is 14.1. The molecule has 0 unspecified atom stereocenters. The van der Waals surface area contributed by atoms with Gasteiger partial charge in [0.05, 0.1) is 23.6 Å². The van der Waals surface area contributed by atoms with Gasteiger partial charge in [0.25, 0.3) is 17.5 Å². The van der Waals surface area contributed by atoms with Crippen molar-refractivity contribution in [3.8, 4) is 0 Å². The fourth-order valence-electron chi connectivity index (χ4n) is 3.58. The van der Waals surface area contributed by atoms with Crippen LogP contribution in [0.1, 0.15) is 19.4 Å². The zero-order valence-corrected chi connectivity index (χ0v) is 18.3. The topological polar surface area (TPSA) is 105 Å². The van der Waals surface area contributed by atoms with Crippen molar-refractivity contribution in [3.05, 3.63) is 69.9 Å². The number of hydrogen-bond acceptors (Lipinski definition) is 7. The van der Waals surface area contributed by atoms with Crippen molar-refractivity contribution in [3.63, 3.8) is 0 Å². The first kappa shape index (κ1) is 23.0. The van der Waals surface area contributed by atoms with Gasteiger partial charge < -0.3 is 15.0 Å². The van der Waals surface area contributed by atoms with Crippen LogP contribution in [0.2, 0.25) is 0 Å². The molecule has 1 aliphatic heterocycles. The standard InChI is InChI=1S/C23H26N4O5/c1-4-25(5-2)18-12-8-17(9-13-18)24-21-20(16-6-10-19(11-7-16)27(30)31)22(28)26(23(21)29)14-15-32-3/h6-13,24H,4-5,14-15H2,1-3H3. The van der Waals surface area contributed by atoms with Crippen LogP contribution in [0.25, 0.3) is 5.57 Å². The third-order valence-corrected chi connectivity index (χ3v) is 5.32. The highest BCUT2D eigenvalue weighted by molar-refractivity contribution is 6.36. The molecule has 0 atom stereocenters. The fraction of sp³-hybridized carbons (Fsp3) is 0.304. The van der Waals surface area contributed by atoms with E-state index < -0.39 is 16.7 Å². The Morgan fingerprint density at radius 2 is 1.62 bits per heavy atom.